The van der Waals surface area contributed by atoms with Gasteiger partial charge in [0.05, 0.1) is 11.1 Å². The van der Waals surface area contributed by atoms with Crippen molar-refractivity contribution in [2.45, 2.75) is 32.2 Å². The van der Waals surface area contributed by atoms with Gasteiger partial charge >= 0.3 is 35.5 Å². The van der Waals surface area contributed by atoms with E-state index in [1.54, 1.807) is 31.2 Å². The van der Waals surface area contributed by atoms with E-state index in [2.05, 4.69) is 0 Å². The molecule has 0 bridgehead atoms. The predicted molar refractivity (Wildman–Crippen MR) is 75.0 cm³/mol. The van der Waals surface area contributed by atoms with E-state index in [1.807, 2.05) is 0 Å². The van der Waals surface area contributed by atoms with Crippen LogP contribution in [0.15, 0.2) is 24.3 Å². The number of amides is 2. The summed E-state index contributed by atoms with van der Waals surface area (Å²) in [7, 11) is 0. The van der Waals surface area contributed by atoms with E-state index in [0.29, 0.717) is 24.0 Å². The van der Waals surface area contributed by atoms with Crippen molar-refractivity contribution in [1.82, 2.24) is 4.90 Å². The molecule has 6 heteroatoms. The number of nitrogens with zero attached hydrogens (tertiary/aromatic N) is 1. The van der Waals surface area contributed by atoms with Crippen LogP contribution in [0.5, 0.6) is 0 Å². The first-order valence-corrected chi connectivity index (χ1v) is 6.21. The van der Waals surface area contributed by atoms with E-state index >= 15 is 0 Å². The molecule has 1 aromatic rings. The van der Waals surface area contributed by atoms with Gasteiger partial charge in [0.15, 0.2) is 0 Å². The molecule has 0 fully saturated rings. The Bertz CT molecular complexity index is 509. The van der Waals surface area contributed by atoms with Crippen LogP contribution in [0.25, 0.3) is 0 Å². The van der Waals surface area contributed by atoms with Gasteiger partial charge in [0.2, 0.25) is 0 Å². The number of carbonyl (C=O) groups excluding carboxylic acids is 2. The molecule has 2 rings (SSSR count). The summed E-state index contributed by atoms with van der Waals surface area (Å²) in [5.74, 6) is -1.44. The van der Waals surface area contributed by atoms with E-state index in [4.69, 9.17) is 5.11 Å². The van der Waals surface area contributed by atoms with E-state index in [0.717, 1.165) is 0 Å². The summed E-state index contributed by atoms with van der Waals surface area (Å²) in [5.41, 5.74) is 0.857. The molecule has 0 radical (unpaired) electrons. The zero-order valence-corrected chi connectivity index (χ0v) is 10.6. The standard InChI is InChI=1S/C14H15NO4.Na.H/c1-9(5-4-8-12(16)17)15-13(18)10-6-2-3-7-11(10)14(15)19;;/h2-3,6-7,9H,4-5,8H2,1H3,(H,16,17);;. The maximum atomic E-state index is 12.1. The number of carbonyl (C=O) groups is 3. The Balaban J connectivity index is 0.00000200. The van der Waals surface area contributed by atoms with Crippen molar-refractivity contribution in [3.05, 3.63) is 35.4 Å². The Labute approximate surface area is 139 Å². The number of benzene rings is 1. The Kier molecular flexibility index (Phi) is 5.92. The molecule has 0 spiro atoms. The molecule has 1 atom stereocenters. The first-order valence-electron chi connectivity index (χ1n) is 6.21. The van der Waals surface area contributed by atoms with Gasteiger partial charge in [0, 0.05) is 12.5 Å². The van der Waals surface area contributed by atoms with Gasteiger partial charge in [-0.25, -0.2) is 0 Å². The van der Waals surface area contributed by atoms with Crippen molar-refractivity contribution in [2.75, 3.05) is 0 Å². The monoisotopic (exact) mass is 285 g/mol. The number of rotatable bonds is 5. The van der Waals surface area contributed by atoms with Crippen LogP contribution < -0.4 is 0 Å². The molecule has 0 saturated heterocycles. The van der Waals surface area contributed by atoms with Gasteiger partial charge in [-0.1, -0.05) is 12.1 Å². The molecule has 2 amide bonds. The Morgan fingerprint density at radius 2 is 1.70 bits per heavy atom. The molecule has 20 heavy (non-hydrogen) atoms. The molecule has 0 aliphatic carbocycles. The molecule has 0 saturated carbocycles. The topological polar surface area (TPSA) is 74.7 Å². The molecule has 5 nitrogen and oxygen atoms in total. The number of hydrogen-bond acceptors (Lipinski definition) is 3. The summed E-state index contributed by atoms with van der Waals surface area (Å²) >= 11 is 0. The normalized spacial score (nSPS) is 14.8. The second-order valence-corrected chi connectivity index (χ2v) is 4.66. The Morgan fingerprint density at radius 3 is 2.15 bits per heavy atom. The third-order valence-electron chi connectivity index (χ3n) is 3.28. The summed E-state index contributed by atoms with van der Waals surface area (Å²) < 4.78 is 0. The summed E-state index contributed by atoms with van der Waals surface area (Å²) in [6, 6.07) is 6.44. The van der Waals surface area contributed by atoms with Crippen LogP contribution in [0.4, 0.5) is 0 Å². The molecule has 102 valence electrons. The molecular weight excluding hydrogens is 269 g/mol. The van der Waals surface area contributed by atoms with Gasteiger partial charge in [0.1, 0.15) is 0 Å². The number of carboxylic acid groups (broad SMARTS) is 1. The van der Waals surface area contributed by atoms with Crippen LogP contribution in [0.2, 0.25) is 0 Å². The number of imide groups is 1. The van der Waals surface area contributed by atoms with Crippen LogP contribution in [0, 0.1) is 0 Å². The summed E-state index contributed by atoms with van der Waals surface area (Å²) in [6.07, 6.45) is 0.995. The fourth-order valence-corrected chi connectivity index (χ4v) is 2.29. The summed E-state index contributed by atoms with van der Waals surface area (Å²) in [6.45, 7) is 1.77. The molecule has 1 aliphatic heterocycles. The number of aliphatic carboxylic acids is 1. The van der Waals surface area contributed by atoms with Crippen molar-refractivity contribution in [3.8, 4) is 0 Å². The van der Waals surface area contributed by atoms with E-state index < -0.39 is 5.97 Å². The Morgan fingerprint density at radius 1 is 1.20 bits per heavy atom. The van der Waals surface area contributed by atoms with Crippen molar-refractivity contribution in [3.63, 3.8) is 0 Å². The first kappa shape index (κ1) is 16.9. The second kappa shape index (κ2) is 7.02. The number of carboxylic acids is 1. The first-order chi connectivity index (χ1) is 9.02. The zero-order chi connectivity index (χ0) is 14.0. The summed E-state index contributed by atoms with van der Waals surface area (Å²) in [5, 5.41) is 8.59. The van der Waals surface area contributed by atoms with Crippen molar-refractivity contribution >= 4 is 47.3 Å². The average molecular weight is 285 g/mol. The van der Waals surface area contributed by atoms with E-state index in [9.17, 15) is 14.4 Å². The van der Waals surface area contributed by atoms with E-state index in [-0.39, 0.29) is 53.8 Å². The van der Waals surface area contributed by atoms with Gasteiger partial charge in [-0.2, -0.15) is 0 Å². The van der Waals surface area contributed by atoms with Gasteiger partial charge in [-0.05, 0) is 31.9 Å². The van der Waals surface area contributed by atoms with Crippen LogP contribution in [-0.4, -0.2) is 63.4 Å². The zero-order valence-electron chi connectivity index (χ0n) is 10.6. The third kappa shape index (κ3) is 3.29. The fraction of sp³-hybridized carbons (Fsp3) is 0.357. The van der Waals surface area contributed by atoms with Gasteiger partial charge in [-0.3, -0.25) is 19.3 Å². The van der Waals surface area contributed by atoms with Crippen LogP contribution >= 0.6 is 0 Å². The molecule has 0 aromatic heterocycles. The molecule has 1 aromatic carbocycles. The SMILES string of the molecule is CC(CCCC(=O)O)N1C(=O)c2ccccc2C1=O.[NaH]. The molecule has 1 heterocycles. The molecule has 1 N–H and O–H groups in total. The Hall–Kier alpha value is -1.17. The van der Waals surface area contributed by atoms with Gasteiger partial charge in [-0.15, -0.1) is 0 Å². The van der Waals surface area contributed by atoms with Gasteiger partial charge in [0.25, 0.3) is 11.8 Å². The molecular formula is C14H16NNaO4. The van der Waals surface area contributed by atoms with Crippen molar-refractivity contribution < 1.29 is 19.5 Å². The van der Waals surface area contributed by atoms with Crippen molar-refractivity contribution in [2.24, 2.45) is 0 Å². The van der Waals surface area contributed by atoms with Crippen LogP contribution in [0.3, 0.4) is 0 Å². The number of hydrogen-bond donors (Lipinski definition) is 1. The maximum absolute atomic E-state index is 12.1. The fourth-order valence-electron chi connectivity index (χ4n) is 2.29. The summed E-state index contributed by atoms with van der Waals surface area (Å²) in [4.78, 5) is 36.0. The predicted octanol–water partition coefficient (Wildman–Crippen LogP) is 1.28. The van der Waals surface area contributed by atoms with Crippen molar-refractivity contribution in [1.29, 1.82) is 0 Å². The van der Waals surface area contributed by atoms with Crippen LogP contribution in [-0.2, 0) is 4.79 Å². The molecule has 1 aliphatic rings. The van der Waals surface area contributed by atoms with Crippen LogP contribution in [0.1, 0.15) is 46.9 Å². The molecule has 1 unspecified atom stereocenters. The average Bonchev–Trinajstić information content (AvgIpc) is 2.62. The van der Waals surface area contributed by atoms with Gasteiger partial charge < -0.3 is 5.11 Å². The van der Waals surface area contributed by atoms with E-state index in [1.165, 1.54) is 4.90 Å². The second-order valence-electron chi connectivity index (χ2n) is 4.66. The minimum absolute atomic E-state index is 0. The quantitative estimate of drug-likeness (QED) is 0.653. The number of fused-ring (bicyclic) bond motifs is 1. The minimum atomic E-state index is -0.866. The third-order valence-corrected chi connectivity index (χ3v) is 3.28.